The van der Waals surface area contributed by atoms with Crippen LogP contribution in [0.4, 0.5) is 0 Å². The molecule has 0 aromatic heterocycles. The summed E-state index contributed by atoms with van der Waals surface area (Å²) in [6.45, 7) is 10.5. The van der Waals surface area contributed by atoms with E-state index >= 15 is 0 Å². The van der Waals surface area contributed by atoms with Gasteiger partial charge in [-0.25, -0.2) is 0 Å². The lowest BCUT2D eigenvalue weighted by atomic mass is 9.46. The van der Waals surface area contributed by atoms with Crippen molar-refractivity contribution < 1.29 is 19.4 Å². The Morgan fingerprint density at radius 3 is 2.48 bits per heavy atom. The molecule has 0 amide bonds. The van der Waals surface area contributed by atoms with Crippen molar-refractivity contribution in [3.63, 3.8) is 0 Å². The smallest absolute Gasteiger partial charge is 0.163 e. The fraction of sp³-hybridized carbons (Fsp3) is 0.875. The van der Waals surface area contributed by atoms with Gasteiger partial charge in [0.15, 0.2) is 11.6 Å². The number of hydrogen-bond acceptors (Lipinski definition) is 5. The maximum Gasteiger partial charge on any atom is 0.163 e. The highest BCUT2D eigenvalue weighted by molar-refractivity contribution is 5.95. The molecule has 4 fully saturated rings. The average Bonchev–Trinajstić information content (AvgIpc) is 3.05. The summed E-state index contributed by atoms with van der Waals surface area (Å²) in [7, 11) is 0. The summed E-state index contributed by atoms with van der Waals surface area (Å²) in [5.41, 5.74) is 5.98. The van der Waals surface area contributed by atoms with E-state index in [1.807, 2.05) is 19.9 Å². The molecule has 3 saturated carbocycles. The van der Waals surface area contributed by atoms with Gasteiger partial charge in [-0.05, 0) is 88.2 Å². The van der Waals surface area contributed by atoms with E-state index < -0.39 is 11.4 Å². The molecular weight excluding hydrogens is 366 g/mol. The standard InChI is InChI=1S/C24H37NO4/c1-13(25)14-7-9-24(27)16-10-18(26)17-11-19-20(29-21(2,3)28-19)12-22(17,4)15(16)6-8-23(14,24)5/h10,13-15,17,19-20,27H,6-9,11-12,25H2,1-5H3/t13?,14-,15+,17+,19-,20+,22-,23-,24-/m1/s1. The summed E-state index contributed by atoms with van der Waals surface area (Å²) in [6, 6.07) is 0.0514. The van der Waals surface area contributed by atoms with E-state index in [0.717, 1.165) is 37.7 Å². The lowest BCUT2D eigenvalue weighted by Gasteiger charge is -2.60. The first-order chi connectivity index (χ1) is 13.4. The number of ketones is 1. The van der Waals surface area contributed by atoms with Gasteiger partial charge in [0.25, 0.3) is 0 Å². The summed E-state index contributed by atoms with van der Waals surface area (Å²) in [5.74, 6) is 0.0556. The topological polar surface area (TPSA) is 81.8 Å². The van der Waals surface area contributed by atoms with Crippen LogP contribution in [-0.2, 0) is 14.3 Å². The molecule has 1 aliphatic heterocycles. The van der Waals surface area contributed by atoms with Gasteiger partial charge in [-0.15, -0.1) is 0 Å². The predicted octanol–water partition coefficient (Wildman–Crippen LogP) is 3.34. The van der Waals surface area contributed by atoms with Crippen LogP contribution >= 0.6 is 0 Å². The van der Waals surface area contributed by atoms with Gasteiger partial charge in [0, 0.05) is 17.4 Å². The monoisotopic (exact) mass is 403 g/mol. The van der Waals surface area contributed by atoms with Crippen molar-refractivity contribution in [2.75, 3.05) is 0 Å². The Bertz CT molecular complexity index is 775. The highest BCUT2D eigenvalue weighted by Gasteiger charge is 2.67. The Hall–Kier alpha value is -0.750. The van der Waals surface area contributed by atoms with Gasteiger partial charge in [0.2, 0.25) is 0 Å². The first-order valence-corrected chi connectivity index (χ1v) is 11.5. The molecule has 4 aliphatic carbocycles. The second-order valence-corrected chi connectivity index (χ2v) is 11.6. The minimum Gasteiger partial charge on any atom is -0.385 e. The van der Waals surface area contributed by atoms with Crippen molar-refractivity contribution in [1.82, 2.24) is 0 Å². The Morgan fingerprint density at radius 1 is 1.10 bits per heavy atom. The molecular formula is C24H37NO4. The highest BCUT2D eigenvalue weighted by Crippen LogP contribution is 2.67. The average molecular weight is 404 g/mol. The molecule has 5 nitrogen and oxygen atoms in total. The molecule has 0 aromatic rings. The summed E-state index contributed by atoms with van der Waals surface area (Å²) >= 11 is 0. The van der Waals surface area contributed by atoms with Gasteiger partial charge in [-0.1, -0.05) is 13.8 Å². The quantitative estimate of drug-likeness (QED) is 0.702. The van der Waals surface area contributed by atoms with Gasteiger partial charge in [-0.2, -0.15) is 0 Å². The summed E-state index contributed by atoms with van der Waals surface area (Å²) in [6.07, 6.45) is 7.02. The Balaban J connectivity index is 1.54. The zero-order chi connectivity index (χ0) is 21.0. The molecule has 1 unspecified atom stereocenters. The van der Waals surface area contributed by atoms with E-state index in [4.69, 9.17) is 15.2 Å². The van der Waals surface area contributed by atoms with Gasteiger partial charge in [0.05, 0.1) is 17.8 Å². The van der Waals surface area contributed by atoms with Crippen LogP contribution in [0.25, 0.3) is 0 Å². The van der Waals surface area contributed by atoms with E-state index in [2.05, 4.69) is 20.8 Å². The van der Waals surface area contributed by atoms with Crippen molar-refractivity contribution >= 4 is 5.78 Å². The second kappa shape index (κ2) is 5.93. The number of hydrogen-bond donors (Lipinski definition) is 2. The fourth-order valence-corrected chi connectivity index (χ4v) is 8.22. The number of aliphatic hydroxyl groups is 1. The van der Waals surface area contributed by atoms with E-state index in [0.29, 0.717) is 6.42 Å². The third-order valence-electron chi connectivity index (χ3n) is 9.65. The maximum atomic E-state index is 13.4. The van der Waals surface area contributed by atoms with Gasteiger partial charge >= 0.3 is 0 Å². The van der Waals surface area contributed by atoms with E-state index in [1.165, 1.54) is 0 Å². The molecule has 0 aromatic carbocycles. The van der Waals surface area contributed by atoms with Gasteiger partial charge in [0.1, 0.15) is 0 Å². The molecule has 162 valence electrons. The van der Waals surface area contributed by atoms with Crippen molar-refractivity contribution in [3.8, 4) is 0 Å². The van der Waals surface area contributed by atoms with E-state index in [-0.39, 0.29) is 52.6 Å². The molecule has 3 N–H and O–H groups in total. The SMILES string of the molecule is CC(N)[C@H]1CC[C@@]2(O)C3=CC(=O)[C@@H]4C[C@H]5OC(C)(C)O[C@H]5C[C@]4(C)[C@H]3CC[C@]12C. The number of allylic oxidation sites excluding steroid dienone is 1. The van der Waals surface area contributed by atoms with Crippen LogP contribution in [0.2, 0.25) is 0 Å². The second-order valence-electron chi connectivity index (χ2n) is 11.6. The number of nitrogens with two attached hydrogens (primary N) is 1. The lowest BCUT2D eigenvalue weighted by molar-refractivity contribution is -0.147. The summed E-state index contributed by atoms with van der Waals surface area (Å²) < 4.78 is 12.3. The van der Waals surface area contributed by atoms with Crippen LogP contribution in [0, 0.1) is 28.6 Å². The van der Waals surface area contributed by atoms with Crippen molar-refractivity contribution in [1.29, 1.82) is 0 Å². The minimum atomic E-state index is -0.916. The minimum absolute atomic E-state index is 0.00660. The largest absolute Gasteiger partial charge is 0.385 e. The molecule has 1 heterocycles. The number of carbonyl (C=O) groups excluding carboxylic acids is 1. The molecule has 29 heavy (non-hydrogen) atoms. The predicted molar refractivity (Wildman–Crippen MR) is 110 cm³/mol. The van der Waals surface area contributed by atoms with Crippen LogP contribution in [-0.4, -0.2) is 40.5 Å². The highest BCUT2D eigenvalue weighted by atomic mass is 16.7. The molecule has 0 bridgehead atoms. The first kappa shape index (κ1) is 20.2. The molecule has 9 atom stereocenters. The third-order valence-corrected chi connectivity index (χ3v) is 9.65. The fourth-order valence-electron chi connectivity index (χ4n) is 8.22. The van der Waals surface area contributed by atoms with Crippen LogP contribution in [0.5, 0.6) is 0 Å². The van der Waals surface area contributed by atoms with E-state index in [1.54, 1.807) is 0 Å². The first-order valence-electron chi connectivity index (χ1n) is 11.5. The van der Waals surface area contributed by atoms with Crippen LogP contribution in [0.1, 0.15) is 73.1 Å². The number of fused-ring (bicyclic) bond motifs is 6. The Morgan fingerprint density at radius 2 is 1.79 bits per heavy atom. The summed E-state index contributed by atoms with van der Waals surface area (Å²) in [5, 5.41) is 12.0. The van der Waals surface area contributed by atoms with Gasteiger partial charge < -0.3 is 20.3 Å². The zero-order valence-electron chi connectivity index (χ0n) is 18.5. The molecule has 5 rings (SSSR count). The third kappa shape index (κ3) is 2.51. The molecule has 1 saturated heterocycles. The summed E-state index contributed by atoms with van der Waals surface area (Å²) in [4.78, 5) is 13.4. The zero-order valence-corrected chi connectivity index (χ0v) is 18.5. The molecule has 0 radical (unpaired) electrons. The molecule has 5 heteroatoms. The van der Waals surface area contributed by atoms with Crippen molar-refractivity contribution in [2.45, 2.75) is 103 Å². The van der Waals surface area contributed by atoms with Crippen LogP contribution in [0.3, 0.4) is 0 Å². The van der Waals surface area contributed by atoms with Crippen LogP contribution in [0.15, 0.2) is 11.6 Å². The number of rotatable bonds is 1. The molecule has 0 spiro atoms. The number of carbonyl (C=O) groups is 1. The molecule has 5 aliphatic rings. The Kier molecular flexibility index (Phi) is 4.13. The lowest BCUT2D eigenvalue weighted by Crippen LogP contribution is -2.61. The van der Waals surface area contributed by atoms with Crippen molar-refractivity contribution in [2.24, 2.45) is 34.3 Å². The Labute approximate surface area is 174 Å². The maximum absolute atomic E-state index is 13.4. The van der Waals surface area contributed by atoms with Crippen molar-refractivity contribution in [3.05, 3.63) is 11.6 Å². The van der Waals surface area contributed by atoms with Gasteiger partial charge in [-0.3, -0.25) is 4.79 Å². The normalized spacial score (nSPS) is 54.1. The van der Waals surface area contributed by atoms with Crippen LogP contribution < -0.4 is 5.73 Å². The van der Waals surface area contributed by atoms with E-state index in [9.17, 15) is 9.90 Å². The number of ether oxygens (including phenoxy) is 2.